The van der Waals surface area contributed by atoms with E-state index in [0.29, 0.717) is 0 Å². The Bertz CT molecular complexity index is 217. The topological polar surface area (TPSA) is 29.5 Å². The number of rotatable bonds is 2. The third-order valence-electron chi connectivity index (χ3n) is 1.70. The van der Waals surface area contributed by atoms with E-state index >= 15 is 0 Å². The van der Waals surface area contributed by atoms with Crippen LogP contribution in [0.5, 0.6) is 0 Å². The van der Waals surface area contributed by atoms with E-state index in [1.165, 1.54) is 0 Å². The molecule has 0 saturated carbocycles. The van der Waals surface area contributed by atoms with Gasteiger partial charge >= 0.3 is 0 Å². The van der Waals surface area contributed by atoms with Crippen LogP contribution in [0, 0.1) is 0 Å². The Kier molecular flexibility index (Phi) is 5.35. The largest absolute Gasteiger partial charge is 0.251 e. The molecule has 74 valence electrons. The standard InChI is InChI=1S/C9H12O2.C2H6/c1-9(2,11-10)8-6-4-3-5-7-8;1-2/h3-7,10H,1-2H3;1-2H3. The van der Waals surface area contributed by atoms with E-state index in [1.807, 2.05) is 58.0 Å². The van der Waals surface area contributed by atoms with Crippen LogP contribution in [0.4, 0.5) is 0 Å². The summed E-state index contributed by atoms with van der Waals surface area (Å²) in [5, 5.41) is 8.55. The lowest BCUT2D eigenvalue weighted by molar-refractivity contribution is -0.318. The maximum Gasteiger partial charge on any atom is 0.123 e. The predicted molar refractivity (Wildman–Crippen MR) is 54.5 cm³/mol. The highest BCUT2D eigenvalue weighted by atomic mass is 17.1. The second-order valence-electron chi connectivity index (χ2n) is 2.97. The highest BCUT2D eigenvalue weighted by molar-refractivity contribution is 5.20. The van der Waals surface area contributed by atoms with Crippen molar-refractivity contribution in [2.24, 2.45) is 0 Å². The highest BCUT2D eigenvalue weighted by Crippen LogP contribution is 2.22. The van der Waals surface area contributed by atoms with E-state index in [0.717, 1.165) is 5.56 Å². The van der Waals surface area contributed by atoms with Crippen molar-refractivity contribution < 1.29 is 10.1 Å². The fraction of sp³-hybridized carbons (Fsp3) is 0.455. The molecule has 0 radical (unpaired) electrons. The molecule has 1 aromatic carbocycles. The lowest BCUT2D eigenvalue weighted by Crippen LogP contribution is -2.19. The fourth-order valence-electron chi connectivity index (χ4n) is 0.892. The van der Waals surface area contributed by atoms with Crippen molar-refractivity contribution >= 4 is 0 Å². The third kappa shape index (κ3) is 3.57. The zero-order chi connectivity index (χ0) is 10.3. The molecule has 0 unspecified atom stereocenters. The molecule has 0 aromatic heterocycles. The van der Waals surface area contributed by atoms with Gasteiger partial charge in [-0.3, -0.25) is 5.26 Å². The lowest BCUT2D eigenvalue weighted by Gasteiger charge is -2.20. The van der Waals surface area contributed by atoms with Gasteiger partial charge in [0.1, 0.15) is 5.60 Å². The normalized spacial score (nSPS) is 10.2. The molecule has 13 heavy (non-hydrogen) atoms. The number of hydrogen-bond donors (Lipinski definition) is 1. The zero-order valence-electron chi connectivity index (χ0n) is 8.74. The molecule has 1 N–H and O–H groups in total. The van der Waals surface area contributed by atoms with Gasteiger partial charge in [0.05, 0.1) is 0 Å². The maximum absolute atomic E-state index is 8.55. The molecule has 2 heteroatoms. The summed E-state index contributed by atoms with van der Waals surface area (Å²) in [7, 11) is 0. The quantitative estimate of drug-likeness (QED) is 0.560. The highest BCUT2D eigenvalue weighted by Gasteiger charge is 2.20. The van der Waals surface area contributed by atoms with E-state index in [9.17, 15) is 0 Å². The fourth-order valence-corrected chi connectivity index (χ4v) is 0.892. The summed E-state index contributed by atoms with van der Waals surface area (Å²) in [6.45, 7) is 7.62. The summed E-state index contributed by atoms with van der Waals surface area (Å²) < 4.78 is 0. The average molecular weight is 182 g/mol. The Balaban J connectivity index is 0.000000671. The zero-order valence-corrected chi connectivity index (χ0v) is 8.74. The van der Waals surface area contributed by atoms with Gasteiger partial charge in [0.25, 0.3) is 0 Å². The second-order valence-corrected chi connectivity index (χ2v) is 2.97. The molecule has 0 atom stereocenters. The van der Waals surface area contributed by atoms with Crippen molar-refractivity contribution in [2.45, 2.75) is 33.3 Å². The van der Waals surface area contributed by atoms with Gasteiger partial charge in [0, 0.05) is 0 Å². The van der Waals surface area contributed by atoms with Crippen LogP contribution < -0.4 is 0 Å². The van der Waals surface area contributed by atoms with E-state index in [4.69, 9.17) is 5.26 Å². The van der Waals surface area contributed by atoms with Crippen LogP contribution in [0.1, 0.15) is 33.3 Å². The monoisotopic (exact) mass is 182 g/mol. The molecule has 0 amide bonds. The Morgan fingerprint density at radius 3 is 1.92 bits per heavy atom. The number of hydrogen-bond acceptors (Lipinski definition) is 2. The summed E-state index contributed by atoms with van der Waals surface area (Å²) in [6, 6.07) is 9.58. The minimum atomic E-state index is -0.610. The first kappa shape index (κ1) is 12.1. The van der Waals surface area contributed by atoms with E-state index in [-0.39, 0.29) is 0 Å². The maximum atomic E-state index is 8.55. The molecular formula is C11H18O2. The lowest BCUT2D eigenvalue weighted by atomic mass is 9.99. The van der Waals surface area contributed by atoms with Gasteiger partial charge in [0.2, 0.25) is 0 Å². The van der Waals surface area contributed by atoms with Gasteiger partial charge in [-0.15, -0.1) is 0 Å². The van der Waals surface area contributed by atoms with Gasteiger partial charge in [-0.05, 0) is 19.4 Å². The first-order chi connectivity index (χ1) is 6.17. The summed E-state index contributed by atoms with van der Waals surface area (Å²) in [5.74, 6) is 0. The third-order valence-corrected chi connectivity index (χ3v) is 1.70. The van der Waals surface area contributed by atoms with Crippen LogP contribution in [0.3, 0.4) is 0 Å². The van der Waals surface area contributed by atoms with Crippen LogP contribution >= 0.6 is 0 Å². The molecule has 2 nitrogen and oxygen atoms in total. The van der Waals surface area contributed by atoms with Crippen LogP contribution in [0.2, 0.25) is 0 Å². The summed E-state index contributed by atoms with van der Waals surface area (Å²) in [4.78, 5) is 4.32. The molecular weight excluding hydrogens is 164 g/mol. The van der Waals surface area contributed by atoms with Crippen LogP contribution in [-0.2, 0) is 10.5 Å². The van der Waals surface area contributed by atoms with Gasteiger partial charge in [-0.25, -0.2) is 4.89 Å². The van der Waals surface area contributed by atoms with Crippen molar-refractivity contribution in [3.8, 4) is 0 Å². The molecule has 0 saturated heterocycles. The Morgan fingerprint density at radius 1 is 1.08 bits per heavy atom. The van der Waals surface area contributed by atoms with E-state index < -0.39 is 5.60 Å². The minimum Gasteiger partial charge on any atom is -0.251 e. The van der Waals surface area contributed by atoms with Crippen molar-refractivity contribution in [3.05, 3.63) is 35.9 Å². The van der Waals surface area contributed by atoms with Gasteiger partial charge in [-0.2, -0.15) is 0 Å². The molecule has 0 aliphatic rings. The molecule has 0 bridgehead atoms. The predicted octanol–water partition coefficient (Wildman–Crippen LogP) is 3.44. The molecule has 1 rings (SSSR count). The van der Waals surface area contributed by atoms with E-state index in [1.54, 1.807) is 0 Å². The van der Waals surface area contributed by atoms with Crippen molar-refractivity contribution in [3.63, 3.8) is 0 Å². The number of benzene rings is 1. The molecule has 0 aliphatic carbocycles. The van der Waals surface area contributed by atoms with E-state index in [2.05, 4.69) is 4.89 Å². The SMILES string of the molecule is CC.CC(C)(OO)c1ccccc1. The van der Waals surface area contributed by atoms with Crippen LogP contribution in [0.25, 0.3) is 0 Å². The van der Waals surface area contributed by atoms with Crippen LogP contribution in [0.15, 0.2) is 30.3 Å². The second kappa shape index (κ2) is 5.73. The summed E-state index contributed by atoms with van der Waals surface area (Å²) >= 11 is 0. The van der Waals surface area contributed by atoms with Crippen molar-refractivity contribution in [1.82, 2.24) is 0 Å². The average Bonchev–Trinajstić information content (AvgIpc) is 2.22. The van der Waals surface area contributed by atoms with Gasteiger partial charge in [-0.1, -0.05) is 44.2 Å². The first-order valence-corrected chi connectivity index (χ1v) is 4.55. The van der Waals surface area contributed by atoms with Crippen molar-refractivity contribution in [1.29, 1.82) is 0 Å². The molecule has 0 fully saturated rings. The summed E-state index contributed by atoms with van der Waals surface area (Å²) in [6.07, 6.45) is 0. The molecule has 0 heterocycles. The minimum absolute atomic E-state index is 0.610. The molecule has 0 spiro atoms. The van der Waals surface area contributed by atoms with Gasteiger partial charge in [0.15, 0.2) is 0 Å². The first-order valence-electron chi connectivity index (χ1n) is 4.55. The molecule has 1 aromatic rings. The summed E-state index contributed by atoms with van der Waals surface area (Å²) in [5.41, 5.74) is 0.351. The van der Waals surface area contributed by atoms with Crippen molar-refractivity contribution in [2.75, 3.05) is 0 Å². The molecule has 0 aliphatic heterocycles. The van der Waals surface area contributed by atoms with Crippen LogP contribution in [-0.4, -0.2) is 5.26 Å². The Hall–Kier alpha value is -0.860. The van der Waals surface area contributed by atoms with Gasteiger partial charge < -0.3 is 0 Å². The smallest absolute Gasteiger partial charge is 0.123 e. The Morgan fingerprint density at radius 2 is 1.54 bits per heavy atom. The Labute approximate surface area is 80.1 Å².